The van der Waals surface area contributed by atoms with E-state index < -0.39 is 5.91 Å². The average molecular weight is 373 g/mol. The molecule has 0 radical (unpaired) electrons. The first-order valence-corrected chi connectivity index (χ1v) is 9.23. The van der Waals surface area contributed by atoms with Crippen molar-refractivity contribution < 1.29 is 4.79 Å². The summed E-state index contributed by atoms with van der Waals surface area (Å²) in [4.78, 5) is 16.2. The van der Waals surface area contributed by atoms with E-state index in [4.69, 9.17) is 5.73 Å². The van der Waals surface area contributed by atoms with Crippen molar-refractivity contribution in [3.05, 3.63) is 53.9 Å². The Kier molecular flexibility index (Phi) is 3.91. The summed E-state index contributed by atoms with van der Waals surface area (Å²) in [7, 11) is 0. The van der Waals surface area contributed by atoms with Gasteiger partial charge in [0.1, 0.15) is 5.82 Å². The number of amides is 1. The number of aromatic nitrogens is 5. The normalized spacial score (nSPS) is 16.6. The minimum absolute atomic E-state index is 0.242. The molecule has 0 aliphatic carbocycles. The third kappa shape index (κ3) is 2.84. The molecular formula is C20H19N7O. The molecule has 0 bridgehead atoms. The minimum atomic E-state index is -0.462. The van der Waals surface area contributed by atoms with Crippen LogP contribution >= 0.6 is 0 Å². The smallest absolute Gasteiger partial charge is 0.248 e. The van der Waals surface area contributed by atoms with Crippen LogP contribution in [0.2, 0.25) is 0 Å². The van der Waals surface area contributed by atoms with Crippen molar-refractivity contribution in [1.82, 2.24) is 30.7 Å². The van der Waals surface area contributed by atoms with Gasteiger partial charge in [0, 0.05) is 22.1 Å². The van der Waals surface area contributed by atoms with E-state index in [0.29, 0.717) is 11.4 Å². The SMILES string of the molecule is NC(=O)c1cccc(-c2n[nH]c3ccc(-c4n[nH]c(C5CCCN5)n4)cc23)c1. The zero-order chi connectivity index (χ0) is 19.1. The maximum absolute atomic E-state index is 11.5. The molecule has 1 unspecified atom stereocenters. The van der Waals surface area contributed by atoms with Gasteiger partial charge in [0.15, 0.2) is 5.82 Å². The second-order valence-corrected chi connectivity index (χ2v) is 6.97. The Bertz CT molecular complexity index is 1170. The van der Waals surface area contributed by atoms with Gasteiger partial charge in [-0.05, 0) is 49.7 Å². The Morgan fingerprint density at radius 3 is 2.82 bits per heavy atom. The molecule has 5 N–H and O–H groups in total. The number of nitrogens with two attached hydrogens (primary N) is 1. The number of carbonyl (C=O) groups excluding carboxylic acids is 1. The number of primary amides is 1. The Morgan fingerprint density at radius 1 is 1.07 bits per heavy atom. The molecule has 5 rings (SSSR count). The van der Waals surface area contributed by atoms with E-state index in [-0.39, 0.29) is 6.04 Å². The van der Waals surface area contributed by atoms with Crippen molar-refractivity contribution in [1.29, 1.82) is 0 Å². The van der Waals surface area contributed by atoms with Crippen molar-refractivity contribution in [2.24, 2.45) is 5.73 Å². The summed E-state index contributed by atoms with van der Waals surface area (Å²) in [6.07, 6.45) is 2.21. The third-order valence-electron chi connectivity index (χ3n) is 5.13. The molecule has 1 saturated heterocycles. The molecule has 3 heterocycles. The maximum atomic E-state index is 11.5. The van der Waals surface area contributed by atoms with E-state index in [0.717, 1.165) is 52.9 Å². The Morgan fingerprint density at radius 2 is 2.00 bits per heavy atom. The molecule has 1 aliphatic rings. The fourth-order valence-corrected chi connectivity index (χ4v) is 3.67. The lowest BCUT2D eigenvalue weighted by Crippen LogP contribution is -2.14. The number of hydrogen-bond acceptors (Lipinski definition) is 5. The number of carbonyl (C=O) groups is 1. The number of nitrogens with one attached hydrogen (secondary N) is 3. The molecular weight excluding hydrogens is 354 g/mol. The first-order chi connectivity index (χ1) is 13.7. The molecule has 4 aromatic rings. The molecule has 8 heteroatoms. The molecule has 140 valence electrons. The van der Waals surface area contributed by atoms with E-state index in [1.165, 1.54) is 0 Å². The van der Waals surface area contributed by atoms with Crippen molar-refractivity contribution in [2.75, 3.05) is 6.54 Å². The van der Waals surface area contributed by atoms with Crippen LogP contribution in [0.4, 0.5) is 0 Å². The summed E-state index contributed by atoms with van der Waals surface area (Å²) >= 11 is 0. The molecule has 1 fully saturated rings. The lowest BCUT2D eigenvalue weighted by molar-refractivity contribution is 0.100. The van der Waals surface area contributed by atoms with Crippen molar-refractivity contribution >= 4 is 16.8 Å². The predicted molar refractivity (Wildman–Crippen MR) is 105 cm³/mol. The van der Waals surface area contributed by atoms with E-state index in [1.54, 1.807) is 18.2 Å². The zero-order valence-electron chi connectivity index (χ0n) is 15.1. The van der Waals surface area contributed by atoms with Crippen LogP contribution in [0.5, 0.6) is 0 Å². The van der Waals surface area contributed by atoms with Crippen LogP contribution < -0.4 is 11.1 Å². The quantitative estimate of drug-likeness (QED) is 0.437. The molecule has 28 heavy (non-hydrogen) atoms. The summed E-state index contributed by atoms with van der Waals surface area (Å²) in [5.41, 5.74) is 9.25. The van der Waals surface area contributed by atoms with Gasteiger partial charge in [-0.3, -0.25) is 15.0 Å². The Labute approximate surface area is 160 Å². The van der Waals surface area contributed by atoms with E-state index in [2.05, 4.69) is 30.7 Å². The fraction of sp³-hybridized carbons (Fsp3) is 0.200. The highest BCUT2D eigenvalue weighted by atomic mass is 16.1. The number of rotatable bonds is 4. The van der Waals surface area contributed by atoms with Crippen LogP contribution in [0.15, 0.2) is 42.5 Å². The van der Waals surface area contributed by atoms with E-state index in [9.17, 15) is 4.79 Å². The van der Waals surface area contributed by atoms with Gasteiger partial charge in [0.05, 0.1) is 17.3 Å². The fourth-order valence-electron chi connectivity index (χ4n) is 3.67. The number of benzene rings is 2. The largest absolute Gasteiger partial charge is 0.366 e. The molecule has 0 saturated carbocycles. The van der Waals surface area contributed by atoms with Crippen molar-refractivity contribution in [3.8, 4) is 22.6 Å². The molecule has 1 amide bonds. The molecule has 2 aromatic carbocycles. The van der Waals surface area contributed by atoms with Gasteiger partial charge in [-0.15, -0.1) is 0 Å². The third-order valence-corrected chi connectivity index (χ3v) is 5.13. The molecule has 0 spiro atoms. The van der Waals surface area contributed by atoms with Gasteiger partial charge in [0.2, 0.25) is 5.91 Å². The van der Waals surface area contributed by atoms with Crippen molar-refractivity contribution in [2.45, 2.75) is 18.9 Å². The number of aromatic amines is 2. The monoisotopic (exact) mass is 373 g/mol. The summed E-state index contributed by atoms with van der Waals surface area (Å²) in [6.45, 7) is 1.01. The van der Waals surface area contributed by atoms with Crippen LogP contribution in [0, 0.1) is 0 Å². The number of fused-ring (bicyclic) bond motifs is 1. The minimum Gasteiger partial charge on any atom is -0.366 e. The average Bonchev–Trinajstić information content (AvgIpc) is 3.47. The van der Waals surface area contributed by atoms with Gasteiger partial charge in [-0.1, -0.05) is 12.1 Å². The number of hydrogen-bond donors (Lipinski definition) is 4. The first kappa shape index (κ1) is 16.6. The standard InChI is InChI=1S/C20H19N7O/c21-18(28)12-4-1-3-11(9-12)17-14-10-13(6-7-15(14)24-25-17)19-23-20(27-26-19)16-5-2-8-22-16/h1,3-4,6-7,9-10,16,22H,2,5,8H2,(H2,21,28)(H,24,25)(H,23,26,27). The van der Waals surface area contributed by atoms with Crippen LogP contribution in [-0.4, -0.2) is 37.8 Å². The number of H-pyrrole nitrogens is 2. The highest BCUT2D eigenvalue weighted by Crippen LogP contribution is 2.30. The summed E-state index contributed by atoms with van der Waals surface area (Å²) in [5.74, 6) is 1.06. The van der Waals surface area contributed by atoms with Crippen LogP contribution in [-0.2, 0) is 0 Å². The van der Waals surface area contributed by atoms with Gasteiger partial charge in [-0.2, -0.15) is 10.2 Å². The highest BCUT2D eigenvalue weighted by Gasteiger charge is 2.20. The molecule has 8 nitrogen and oxygen atoms in total. The highest BCUT2D eigenvalue weighted by molar-refractivity contribution is 5.98. The van der Waals surface area contributed by atoms with Crippen LogP contribution in [0.1, 0.15) is 35.1 Å². The Balaban J connectivity index is 1.55. The van der Waals surface area contributed by atoms with Crippen LogP contribution in [0.3, 0.4) is 0 Å². The van der Waals surface area contributed by atoms with E-state index in [1.807, 2.05) is 24.3 Å². The van der Waals surface area contributed by atoms with E-state index >= 15 is 0 Å². The number of nitrogens with zero attached hydrogens (tertiary/aromatic N) is 3. The second kappa shape index (κ2) is 6.58. The lowest BCUT2D eigenvalue weighted by atomic mass is 10.0. The summed E-state index contributed by atoms with van der Waals surface area (Å²) in [6, 6.07) is 13.3. The molecule has 2 aromatic heterocycles. The maximum Gasteiger partial charge on any atom is 0.248 e. The topological polar surface area (TPSA) is 125 Å². The predicted octanol–water partition coefficient (Wildman–Crippen LogP) is 2.54. The first-order valence-electron chi connectivity index (χ1n) is 9.23. The van der Waals surface area contributed by atoms with Gasteiger partial charge < -0.3 is 11.1 Å². The molecule has 1 atom stereocenters. The second-order valence-electron chi connectivity index (χ2n) is 6.97. The summed E-state index contributed by atoms with van der Waals surface area (Å²) in [5, 5.41) is 19.3. The van der Waals surface area contributed by atoms with Gasteiger partial charge in [-0.25, -0.2) is 4.98 Å². The van der Waals surface area contributed by atoms with Gasteiger partial charge >= 0.3 is 0 Å². The zero-order valence-corrected chi connectivity index (χ0v) is 15.1. The summed E-state index contributed by atoms with van der Waals surface area (Å²) < 4.78 is 0. The Hall–Kier alpha value is -3.52. The van der Waals surface area contributed by atoms with Gasteiger partial charge in [0.25, 0.3) is 0 Å². The van der Waals surface area contributed by atoms with Crippen LogP contribution in [0.25, 0.3) is 33.5 Å². The molecule has 1 aliphatic heterocycles. The van der Waals surface area contributed by atoms with Crippen molar-refractivity contribution in [3.63, 3.8) is 0 Å². The lowest BCUT2D eigenvalue weighted by Gasteiger charge is -2.04.